The normalized spacial score (nSPS) is 17.8. The fraction of sp³-hybridized carbons (Fsp3) is 0.450. The van der Waals surface area contributed by atoms with Crippen LogP contribution in [0.15, 0.2) is 36.5 Å². The molecule has 0 bridgehead atoms. The van der Waals surface area contributed by atoms with Gasteiger partial charge in [0.2, 0.25) is 5.95 Å². The number of amides is 1. The van der Waals surface area contributed by atoms with Crippen molar-refractivity contribution in [3.63, 3.8) is 0 Å². The van der Waals surface area contributed by atoms with Crippen LogP contribution in [0.3, 0.4) is 0 Å². The Morgan fingerprint density at radius 3 is 2.72 bits per heavy atom. The number of hydrogen-bond donors (Lipinski definition) is 1. The molecule has 0 radical (unpaired) electrons. The number of benzene rings is 1. The van der Waals surface area contributed by atoms with Gasteiger partial charge in [0, 0.05) is 25.3 Å². The Kier molecular flexibility index (Phi) is 4.63. The molecule has 1 aliphatic carbocycles. The van der Waals surface area contributed by atoms with Crippen molar-refractivity contribution in [1.82, 2.24) is 15.3 Å². The molecule has 1 amide bonds. The highest BCUT2D eigenvalue weighted by molar-refractivity contribution is 5.92. The van der Waals surface area contributed by atoms with Crippen LogP contribution in [0.2, 0.25) is 0 Å². The van der Waals surface area contributed by atoms with E-state index in [2.05, 4.69) is 44.5 Å². The van der Waals surface area contributed by atoms with Crippen molar-refractivity contribution >= 4 is 11.9 Å². The lowest BCUT2D eigenvalue weighted by molar-refractivity contribution is 0.0922. The SMILES string of the molecule is O=C(NC1CCCCC1)c1ccnc(N2CCc3ccccc3C2)n1. The van der Waals surface area contributed by atoms with Crippen LogP contribution < -0.4 is 10.2 Å². The molecule has 5 heteroatoms. The molecule has 1 N–H and O–H groups in total. The zero-order valence-corrected chi connectivity index (χ0v) is 14.4. The molecule has 0 atom stereocenters. The second-order valence-corrected chi connectivity index (χ2v) is 6.99. The van der Waals surface area contributed by atoms with E-state index < -0.39 is 0 Å². The molecule has 25 heavy (non-hydrogen) atoms. The van der Waals surface area contributed by atoms with Gasteiger partial charge in [0.1, 0.15) is 5.69 Å². The van der Waals surface area contributed by atoms with E-state index >= 15 is 0 Å². The fourth-order valence-corrected chi connectivity index (χ4v) is 3.80. The van der Waals surface area contributed by atoms with Crippen molar-refractivity contribution < 1.29 is 4.79 Å². The van der Waals surface area contributed by atoms with Gasteiger partial charge >= 0.3 is 0 Å². The van der Waals surface area contributed by atoms with Crippen molar-refractivity contribution in [2.45, 2.75) is 51.1 Å². The summed E-state index contributed by atoms with van der Waals surface area (Å²) < 4.78 is 0. The summed E-state index contributed by atoms with van der Waals surface area (Å²) in [6.07, 6.45) is 8.51. The molecule has 4 rings (SSSR count). The Bertz CT molecular complexity index is 755. The van der Waals surface area contributed by atoms with E-state index in [1.165, 1.54) is 30.4 Å². The van der Waals surface area contributed by atoms with Gasteiger partial charge in [0.15, 0.2) is 0 Å². The van der Waals surface area contributed by atoms with Gasteiger partial charge in [-0.1, -0.05) is 43.5 Å². The topological polar surface area (TPSA) is 58.1 Å². The molecule has 1 aromatic carbocycles. The van der Waals surface area contributed by atoms with Gasteiger partial charge in [0.25, 0.3) is 5.91 Å². The number of carbonyl (C=O) groups excluding carboxylic acids is 1. The summed E-state index contributed by atoms with van der Waals surface area (Å²) in [5.41, 5.74) is 3.17. The second-order valence-electron chi connectivity index (χ2n) is 6.99. The van der Waals surface area contributed by atoms with E-state index in [1.54, 1.807) is 12.3 Å². The minimum Gasteiger partial charge on any atom is -0.348 e. The maximum absolute atomic E-state index is 12.5. The first-order chi connectivity index (χ1) is 12.3. The Morgan fingerprint density at radius 1 is 1.08 bits per heavy atom. The average Bonchev–Trinajstić information content (AvgIpc) is 2.68. The molecular formula is C20H24N4O. The van der Waals surface area contributed by atoms with Crippen LogP contribution in [0.1, 0.15) is 53.7 Å². The Morgan fingerprint density at radius 2 is 1.88 bits per heavy atom. The number of nitrogens with one attached hydrogen (secondary N) is 1. The number of fused-ring (bicyclic) bond motifs is 1. The summed E-state index contributed by atoms with van der Waals surface area (Å²) in [4.78, 5) is 23.6. The standard InChI is InChI=1S/C20H24N4O/c25-19(22-17-8-2-1-3-9-17)18-10-12-21-20(23-18)24-13-11-15-6-4-5-7-16(15)14-24/h4-7,10,12,17H,1-3,8-9,11,13-14H2,(H,22,25). The lowest BCUT2D eigenvalue weighted by atomic mass is 9.95. The maximum Gasteiger partial charge on any atom is 0.270 e. The minimum atomic E-state index is -0.0760. The quantitative estimate of drug-likeness (QED) is 0.936. The summed E-state index contributed by atoms with van der Waals surface area (Å²) in [6, 6.07) is 10.5. The lowest BCUT2D eigenvalue weighted by Crippen LogP contribution is -2.37. The van der Waals surface area contributed by atoms with E-state index in [0.717, 1.165) is 32.4 Å². The van der Waals surface area contributed by atoms with Crippen LogP contribution in [0.4, 0.5) is 5.95 Å². The van der Waals surface area contributed by atoms with Crippen molar-refractivity contribution in [2.24, 2.45) is 0 Å². The molecule has 2 aliphatic rings. The van der Waals surface area contributed by atoms with Gasteiger partial charge in [-0.25, -0.2) is 9.97 Å². The molecule has 1 aromatic heterocycles. The smallest absolute Gasteiger partial charge is 0.270 e. The van der Waals surface area contributed by atoms with Crippen LogP contribution in [0.25, 0.3) is 0 Å². The molecule has 2 heterocycles. The molecule has 0 spiro atoms. The van der Waals surface area contributed by atoms with Crippen LogP contribution in [0, 0.1) is 0 Å². The fourth-order valence-electron chi connectivity index (χ4n) is 3.80. The molecular weight excluding hydrogens is 312 g/mol. The number of hydrogen-bond acceptors (Lipinski definition) is 4. The number of carbonyl (C=O) groups is 1. The van der Waals surface area contributed by atoms with Crippen LogP contribution in [-0.2, 0) is 13.0 Å². The van der Waals surface area contributed by atoms with Gasteiger partial charge < -0.3 is 10.2 Å². The van der Waals surface area contributed by atoms with Crippen molar-refractivity contribution in [1.29, 1.82) is 0 Å². The van der Waals surface area contributed by atoms with Crippen LogP contribution in [-0.4, -0.2) is 28.5 Å². The average molecular weight is 336 g/mol. The van der Waals surface area contributed by atoms with Crippen LogP contribution in [0.5, 0.6) is 0 Å². The van der Waals surface area contributed by atoms with Crippen LogP contribution >= 0.6 is 0 Å². The van der Waals surface area contributed by atoms with Crippen molar-refractivity contribution in [2.75, 3.05) is 11.4 Å². The molecule has 0 saturated heterocycles. The highest BCUT2D eigenvalue weighted by Crippen LogP contribution is 2.22. The Hall–Kier alpha value is -2.43. The molecule has 1 aliphatic heterocycles. The van der Waals surface area contributed by atoms with E-state index in [1.807, 2.05) is 0 Å². The first-order valence-corrected chi connectivity index (χ1v) is 9.25. The van der Waals surface area contributed by atoms with Gasteiger partial charge in [-0.3, -0.25) is 4.79 Å². The third kappa shape index (κ3) is 3.65. The van der Waals surface area contributed by atoms with E-state index in [0.29, 0.717) is 17.7 Å². The highest BCUT2D eigenvalue weighted by Gasteiger charge is 2.21. The molecule has 5 nitrogen and oxygen atoms in total. The number of rotatable bonds is 3. The Balaban J connectivity index is 1.47. The number of nitrogens with zero attached hydrogens (tertiary/aromatic N) is 3. The molecule has 1 fully saturated rings. The first-order valence-electron chi connectivity index (χ1n) is 9.25. The van der Waals surface area contributed by atoms with Gasteiger partial charge in [0.05, 0.1) is 0 Å². The summed E-state index contributed by atoms with van der Waals surface area (Å²) in [6.45, 7) is 1.68. The van der Waals surface area contributed by atoms with Gasteiger partial charge in [-0.2, -0.15) is 0 Å². The second kappa shape index (κ2) is 7.21. The highest BCUT2D eigenvalue weighted by atomic mass is 16.1. The summed E-state index contributed by atoms with van der Waals surface area (Å²) in [5, 5.41) is 3.13. The molecule has 1 saturated carbocycles. The van der Waals surface area contributed by atoms with Crippen molar-refractivity contribution in [3.05, 3.63) is 53.3 Å². The molecule has 2 aromatic rings. The van der Waals surface area contributed by atoms with E-state index in [9.17, 15) is 4.79 Å². The van der Waals surface area contributed by atoms with E-state index in [-0.39, 0.29) is 5.91 Å². The third-order valence-corrected chi connectivity index (χ3v) is 5.23. The largest absolute Gasteiger partial charge is 0.348 e. The predicted octanol–water partition coefficient (Wildman–Crippen LogP) is 3.10. The van der Waals surface area contributed by atoms with E-state index in [4.69, 9.17) is 0 Å². The Labute approximate surface area is 148 Å². The first kappa shape index (κ1) is 16.1. The predicted molar refractivity (Wildman–Crippen MR) is 97.6 cm³/mol. The molecule has 130 valence electrons. The number of aromatic nitrogens is 2. The third-order valence-electron chi connectivity index (χ3n) is 5.23. The zero-order chi connectivity index (χ0) is 17.1. The van der Waals surface area contributed by atoms with Gasteiger partial charge in [-0.05, 0) is 36.5 Å². The van der Waals surface area contributed by atoms with Crippen molar-refractivity contribution in [3.8, 4) is 0 Å². The van der Waals surface area contributed by atoms with Gasteiger partial charge in [-0.15, -0.1) is 0 Å². The number of anilines is 1. The minimum absolute atomic E-state index is 0.0760. The summed E-state index contributed by atoms with van der Waals surface area (Å²) in [5.74, 6) is 0.568. The zero-order valence-electron chi connectivity index (χ0n) is 14.4. The lowest BCUT2D eigenvalue weighted by Gasteiger charge is -2.29. The monoisotopic (exact) mass is 336 g/mol. The molecule has 0 unspecified atom stereocenters. The summed E-state index contributed by atoms with van der Waals surface area (Å²) >= 11 is 0. The summed E-state index contributed by atoms with van der Waals surface area (Å²) in [7, 11) is 0. The maximum atomic E-state index is 12.5.